The van der Waals surface area contributed by atoms with E-state index in [1.807, 2.05) is 0 Å². The number of nitrogens with zero attached hydrogens (tertiary/aromatic N) is 2. The lowest BCUT2D eigenvalue weighted by Gasteiger charge is -2.41. The SMILES string of the molecule is CCOCC(=O)N(CCN1CCOCC1)[C@@H]1CC(C(=O)NCCO)=C[C@H](Oc2c(I)cc(CO)cc2OC)[C@H]1O. The van der Waals surface area contributed by atoms with Gasteiger partial charge in [-0.2, -0.15) is 0 Å². The first kappa shape index (κ1) is 32.5. The fourth-order valence-electron chi connectivity index (χ4n) is 4.72. The molecule has 1 fully saturated rings. The number of rotatable bonds is 14. The van der Waals surface area contributed by atoms with Gasteiger partial charge in [-0.1, -0.05) is 0 Å². The Bertz CT molecular complexity index is 1020. The first-order valence-corrected chi connectivity index (χ1v) is 14.5. The Hall–Kier alpha value is -2.01. The Labute approximate surface area is 248 Å². The molecule has 0 radical (unpaired) electrons. The summed E-state index contributed by atoms with van der Waals surface area (Å²) in [5.74, 6) is -0.00459. The lowest BCUT2D eigenvalue weighted by molar-refractivity contribution is -0.143. The molecule has 1 aromatic carbocycles. The first-order chi connectivity index (χ1) is 19.3. The monoisotopic (exact) mass is 677 g/mol. The molecule has 1 heterocycles. The van der Waals surface area contributed by atoms with E-state index in [4.69, 9.17) is 18.9 Å². The largest absolute Gasteiger partial charge is 0.493 e. The van der Waals surface area contributed by atoms with Gasteiger partial charge in [0.15, 0.2) is 11.5 Å². The van der Waals surface area contributed by atoms with Crippen LogP contribution in [0.2, 0.25) is 0 Å². The molecule has 0 aromatic heterocycles. The molecule has 4 N–H and O–H groups in total. The van der Waals surface area contributed by atoms with Crippen molar-refractivity contribution in [3.63, 3.8) is 0 Å². The average molecular weight is 678 g/mol. The molecule has 1 saturated heterocycles. The van der Waals surface area contributed by atoms with Crippen molar-refractivity contribution in [3.8, 4) is 11.5 Å². The quantitative estimate of drug-likeness (QED) is 0.197. The minimum atomic E-state index is -1.18. The highest BCUT2D eigenvalue weighted by molar-refractivity contribution is 14.1. The second kappa shape index (κ2) is 16.4. The van der Waals surface area contributed by atoms with Crippen LogP contribution in [-0.2, 0) is 25.7 Å². The second-order valence-corrected chi connectivity index (χ2v) is 10.6. The fraction of sp³-hybridized carbons (Fsp3) is 0.630. The van der Waals surface area contributed by atoms with Crippen molar-refractivity contribution in [2.24, 2.45) is 0 Å². The summed E-state index contributed by atoms with van der Waals surface area (Å²) in [4.78, 5) is 30.2. The minimum absolute atomic E-state index is 0.0628. The fourth-order valence-corrected chi connectivity index (χ4v) is 5.51. The topological polar surface area (TPSA) is 150 Å². The van der Waals surface area contributed by atoms with E-state index in [-0.39, 0.29) is 38.7 Å². The Morgan fingerprint density at radius 3 is 2.65 bits per heavy atom. The summed E-state index contributed by atoms with van der Waals surface area (Å²) in [6.07, 6.45) is -0.530. The van der Waals surface area contributed by atoms with Gasteiger partial charge in [-0.3, -0.25) is 14.5 Å². The third-order valence-corrected chi connectivity index (χ3v) is 7.65. The molecule has 1 aliphatic heterocycles. The van der Waals surface area contributed by atoms with Gasteiger partial charge in [0.2, 0.25) is 11.8 Å². The van der Waals surface area contributed by atoms with E-state index in [0.29, 0.717) is 59.1 Å². The molecule has 40 heavy (non-hydrogen) atoms. The molecule has 0 saturated carbocycles. The summed E-state index contributed by atoms with van der Waals surface area (Å²) in [5, 5.41) is 33.1. The number of aliphatic hydroxyl groups excluding tert-OH is 3. The maximum absolute atomic E-state index is 13.4. The van der Waals surface area contributed by atoms with Crippen LogP contribution in [0.25, 0.3) is 0 Å². The molecule has 12 nitrogen and oxygen atoms in total. The van der Waals surface area contributed by atoms with Gasteiger partial charge in [-0.25, -0.2) is 0 Å². The van der Waals surface area contributed by atoms with E-state index in [2.05, 4.69) is 32.8 Å². The van der Waals surface area contributed by atoms with Crippen molar-refractivity contribution in [2.45, 2.75) is 38.2 Å². The number of methoxy groups -OCH3 is 1. The zero-order chi connectivity index (χ0) is 29.1. The predicted octanol–water partition coefficient (Wildman–Crippen LogP) is -0.0951. The van der Waals surface area contributed by atoms with Crippen LogP contribution in [0.15, 0.2) is 23.8 Å². The van der Waals surface area contributed by atoms with Gasteiger partial charge in [-0.15, -0.1) is 0 Å². The number of aliphatic hydroxyl groups is 3. The lowest BCUT2D eigenvalue weighted by atomic mass is 9.88. The van der Waals surface area contributed by atoms with Gasteiger partial charge in [0.25, 0.3) is 0 Å². The molecule has 224 valence electrons. The Morgan fingerprint density at radius 2 is 2.00 bits per heavy atom. The van der Waals surface area contributed by atoms with Gasteiger partial charge in [0.05, 0.1) is 43.1 Å². The Kier molecular flexibility index (Phi) is 13.4. The molecular weight excluding hydrogens is 637 g/mol. The van der Waals surface area contributed by atoms with E-state index in [0.717, 1.165) is 13.1 Å². The standard InChI is InChI=1S/C27H40IN3O9/c1-3-38-17-24(34)31(6-5-30-7-10-39-11-8-30)21-14-19(27(36)29-4-9-32)15-22(25(21)35)40-26-20(28)12-18(16-33)13-23(26)37-2/h12-13,15,21-22,25,32-33,35H,3-11,14,16-17H2,1-2H3,(H,29,36)/t21-,22+,25+/m1/s1. The van der Waals surface area contributed by atoms with Crippen molar-refractivity contribution < 1.29 is 43.9 Å². The highest BCUT2D eigenvalue weighted by Crippen LogP contribution is 2.37. The van der Waals surface area contributed by atoms with Gasteiger partial charge in [0.1, 0.15) is 18.8 Å². The van der Waals surface area contributed by atoms with Crippen LogP contribution in [0.3, 0.4) is 0 Å². The van der Waals surface area contributed by atoms with E-state index >= 15 is 0 Å². The number of nitrogens with one attached hydrogen (secondary N) is 1. The van der Waals surface area contributed by atoms with Gasteiger partial charge >= 0.3 is 0 Å². The molecule has 1 aromatic rings. The highest BCUT2D eigenvalue weighted by atomic mass is 127. The van der Waals surface area contributed by atoms with E-state index in [1.54, 1.807) is 30.0 Å². The third kappa shape index (κ3) is 8.74. The van der Waals surface area contributed by atoms with E-state index in [9.17, 15) is 24.9 Å². The van der Waals surface area contributed by atoms with Crippen LogP contribution < -0.4 is 14.8 Å². The average Bonchev–Trinajstić information content (AvgIpc) is 2.97. The summed E-state index contributed by atoms with van der Waals surface area (Å²) in [6.45, 7) is 5.25. The van der Waals surface area contributed by atoms with Gasteiger partial charge < -0.3 is 44.5 Å². The van der Waals surface area contributed by atoms with Crippen LogP contribution in [0.5, 0.6) is 11.5 Å². The number of morpholine rings is 1. The minimum Gasteiger partial charge on any atom is -0.493 e. The predicted molar refractivity (Wildman–Crippen MR) is 154 cm³/mol. The maximum atomic E-state index is 13.4. The second-order valence-electron chi connectivity index (χ2n) is 9.46. The molecular formula is C27H40IN3O9. The van der Waals surface area contributed by atoms with Crippen molar-refractivity contribution in [2.75, 3.05) is 72.9 Å². The number of carbonyl (C=O) groups is 2. The molecule has 3 rings (SSSR count). The summed E-state index contributed by atoms with van der Waals surface area (Å²) in [6, 6.07) is 2.60. The molecule has 2 aliphatic rings. The molecule has 2 amide bonds. The van der Waals surface area contributed by atoms with Crippen molar-refractivity contribution in [1.82, 2.24) is 15.1 Å². The molecule has 13 heteroatoms. The van der Waals surface area contributed by atoms with Crippen molar-refractivity contribution in [3.05, 3.63) is 32.9 Å². The maximum Gasteiger partial charge on any atom is 0.248 e. The summed E-state index contributed by atoms with van der Waals surface area (Å²) >= 11 is 2.06. The Morgan fingerprint density at radius 1 is 1.25 bits per heavy atom. The van der Waals surface area contributed by atoms with Crippen molar-refractivity contribution in [1.29, 1.82) is 0 Å². The zero-order valence-electron chi connectivity index (χ0n) is 23.0. The van der Waals surface area contributed by atoms with Gasteiger partial charge in [-0.05, 0) is 53.3 Å². The third-order valence-electron chi connectivity index (χ3n) is 6.85. The number of hydrogen-bond acceptors (Lipinski definition) is 10. The molecule has 3 atom stereocenters. The molecule has 1 aliphatic carbocycles. The highest BCUT2D eigenvalue weighted by Gasteiger charge is 2.41. The lowest BCUT2D eigenvalue weighted by Crippen LogP contribution is -2.57. The normalized spacial score (nSPS) is 21.4. The zero-order valence-corrected chi connectivity index (χ0v) is 25.2. The number of carbonyl (C=O) groups excluding carboxylic acids is 2. The van der Waals surface area contributed by atoms with Crippen LogP contribution >= 0.6 is 22.6 Å². The van der Waals surface area contributed by atoms with E-state index < -0.39 is 24.2 Å². The summed E-state index contributed by atoms with van der Waals surface area (Å²) in [7, 11) is 1.48. The number of hydrogen-bond donors (Lipinski definition) is 4. The smallest absolute Gasteiger partial charge is 0.248 e. The number of halogens is 1. The first-order valence-electron chi connectivity index (χ1n) is 13.4. The number of benzene rings is 1. The number of ether oxygens (including phenoxy) is 4. The molecule has 0 spiro atoms. The van der Waals surface area contributed by atoms with Crippen LogP contribution in [-0.4, -0.2) is 128 Å². The van der Waals surface area contributed by atoms with Gasteiger partial charge in [0, 0.05) is 51.3 Å². The Balaban J connectivity index is 1.94. The van der Waals surface area contributed by atoms with E-state index in [1.165, 1.54) is 7.11 Å². The molecule has 0 bridgehead atoms. The summed E-state index contributed by atoms with van der Waals surface area (Å²) in [5.41, 5.74) is 0.960. The van der Waals surface area contributed by atoms with Crippen LogP contribution in [0.1, 0.15) is 18.9 Å². The van der Waals surface area contributed by atoms with Crippen molar-refractivity contribution >= 4 is 34.4 Å². The van der Waals surface area contributed by atoms with Crippen LogP contribution in [0, 0.1) is 3.57 Å². The van der Waals surface area contributed by atoms with Crippen LogP contribution in [0.4, 0.5) is 0 Å². The molecule has 0 unspecified atom stereocenters. The number of amides is 2. The summed E-state index contributed by atoms with van der Waals surface area (Å²) < 4.78 is 23.3.